The Kier molecular flexibility index (Phi) is 5.48. The van der Waals surface area contributed by atoms with Crippen molar-refractivity contribution in [3.63, 3.8) is 0 Å². The number of carbonyl (C=O) groups excluding carboxylic acids is 1. The Morgan fingerprint density at radius 3 is 2.70 bits per heavy atom. The number of carbonyl (C=O) groups is 1. The van der Waals surface area contributed by atoms with Crippen LogP contribution in [0.2, 0.25) is 0 Å². The predicted molar refractivity (Wildman–Crippen MR) is 83.3 cm³/mol. The lowest BCUT2D eigenvalue weighted by molar-refractivity contribution is -0.130. The van der Waals surface area contributed by atoms with Gasteiger partial charge in [-0.25, -0.2) is 0 Å². The molecule has 116 valence electrons. The van der Waals surface area contributed by atoms with Gasteiger partial charge in [0.05, 0.1) is 12.2 Å². The molecule has 4 atom stereocenters. The molecule has 4 unspecified atom stereocenters. The molecule has 1 N–H and O–H groups in total. The summed E-state index contributed by atoms with van der Waals surface area (Å²) in [6, 6.07) is 0.00373. The molecule has 2 fully saturated rings. The van der Waals surface area contributed by atoms with E-state index in [0.717, 1.165) is 24.8 Å². The fourth-order valence-electron chi connectivity index (χ4n) is 3.90. The summed E-state index contributed by atoms with van der Waals surface area (Å²) in [5, 5.41) is 3.46. The van der Waals surface area contributed by atoms with Crippen molar-refractivity contribution >= 4 is 5.91 Å². The molecule has 1 saturated heterocycles. The van der Waals surface area contributed by atoms with Gasteiger partial charge in [-0.3, -0.25) is 10.1 Å². The fourth-order valence-corrected chi connectivity index (χ4v) is 3.90. The monoisotopic (exact) mass is 280 g/mol. The van der Waals surface area contributed by atoms with Crippen LogP contribution < -0.4 is 5.32 Å². The topological polar surface area (TPSA) is 32.3 Å². The van der Waals surface area contributed by atoms with E-state index >= 15 is 0 Å². The van der Waals surface area contributed by atoms with Crippen LogP contribution >= 0.6 is 0 Å². The van der Waals surface area contributed by atoms with Gasteiger partial charge in [-0.1, -0.05) is 40.0 Å². The Morgan fingerprint density at radius 1 is 1.30 bits per heavy atom. The highest BCUT2D eigenvalue weighted by Gasteiger charge is 2.36. The minimum absolute atomic E-state index is 0.00373. The first-order valence-electron chi connectivity index (χ1n) is 8.54. The van der Waals surface area contributed by atoms with Crippen LogP contribution in [0.25, 0.3) is 0 Å². The predicted octanol–water partition coefficient (Wildman–Crippen LogP) is 3.40. The van der Waals surface area contributed by atoms with Crippen molar-refractivity contribution in [2.45, 2.75) is 78.4 Å². The standard InChI is InChI=1S/C17H32N2O/c1-12(2)10-16-18-14(4)17(20)19(16)9-8-15-7-5-6-13(3)11-15/h12-16,18H,5-11H2,1-4H3. The van der Waals surface area contributed by atoms with Gasteiger partial charge in [-0.05, 0) is 43.9 Å². The third-order valence-electron chi connectivity index (χ3n) is 4.99. The van der Waals surface area contributed by atoms with Gasteiger partial charge in [-0.15, -0.1) is 0 Å². The molecule has 3 heteroatoms. The van der Waals surface area contributed by atoms with E-state index in [0.29, 0.717) is 11.8 Å². The maximum atomic E-state index is 12.3. The lowest BCUT2D eigenvalue weighted by atomic mass is 9.81. The number of rotatable bonds is 5. The third-order valence-corrected chi connectivity index (χ3v) is 4.99. The zero-order valence-corrected chi connectivity index (χ0v) is 13.7. The van der Waals surface area contributed by atoms with Crippen LogP contribution in [-0.2, 0) is 4.79 Å². The molecule has 0 spiro atoms. The summed E-state index contributed by atoms with van der Waals surface area (Å²) in [6.07, 6.45) is 8.02. The highest BCUT2D eigenvalue weighted by atomic mass is 16.2. The minimum Gasteiger partial charge on any atom is -0.326 e. The van der Waals surface area contributed by atoms with Gasteiger partial charge in [0.2, 0.25) is 5.91 Å². The van der Waals surface area contributed by atoms with Crippen molar-refractivity contribution in [3.8, 4) is 0 Å². The Balaban J connectivity index is 1.86. The molecule has 1 amide bonds. The summed E-state index contributed by atoms with van der Waals surface area (Å²) in [4.78, 5) is 14.4. The summed E-state index contributed by atoms with van der Waals surface area (Å²) >= 11 is 0. The van der Waals surface area contributed by atoms with Gasteiger partial charge in [0.25, 0.3) is 0 Å². The summed E-state index contributed by atoms with van der Waals surface area (Å²) < 4.78 is 0. The van der Waals surface area contributed by atoms with Crippen LogP contribution in [-0.4, -0.2) is 29.6 Å². The molecule has 1 heterocycles. The number of nitrogens with one attached hydrogen (secondary N) is 1. The van der Waals surface area contributed by atoms with E-state index in [9.17, 15) is 4.79 Å². The van der Waals surface area contributed by atoms with E-state index in [-0.39, 0.29) is 12.2 Å². The highest BCUT2D eigenvalue weighted by molar-refractivity contribution is 5.83. The maximum absolute atomic E-state index is 12.3. The molecular formula is C17H32N2O. The van der Waals surface area contributed by atoms with Crippen LogP contribution in [0.15, 0.2) is 0 Å². The molecule has 1 aliphatic carbocycles. The van der Waals surface area contributed by atoms with Gasteiger partial charge in [0.15, 0.2) is 0 Å². The quantitative estimate of drug-likeness (QED) is 0.837. The summed E-state index contributed by atoms with van der Waals surface area (Å²) in [5.41, 5.74) is 0. The van der Waals surface area contributed by atoms with Gasteiger partial charge < -0.3 is 4.90 Å². The second-order valence-corrected chi connectivity index (χ2v) is 7.49. The molecule has 0 aromatic heterocycles. The lowest BCUT2D eigenvalue weighted by Gasteiger charge is -2.30. The van der Waals surface area contributed by atoms with Crippen molar-refractivity contribution in [3.05, 3.63) is 0 Å². The van der Waals surface area contributed by atoms with Gasteiger partial charge in [0, 0.05) is 6.54 Å². The largest absolute Gasteiger partial charge is 0.326 e. The molecule has 0 aromatic rings. The molecule has 0 bridgehead atoms. The van der Waals surface area contributed by atoms with Crippen molar-refractivity contribution in [2.75, 3.05) is 6.54 Å². The zero-order chi connectivity index (χ0) is 14.7. The van der Waals surface area contributed by atoms with Gasteiger partial charge in [0.1, 0.15) is 0 Å². The summed E-state index contributed by atoms with van der Waals surface area (Å²) in [6.45, 7) is 9.79. The molecule has 2 aliphatic rings. The SMILES string of the molecule is CC(C)CC1NC(C)C(=O)N1CCC1CCCC(C)C1. The number of hydrogen-bond donors (Lipinski definition) is 1. The summed E-state index contributed by atoms with van der Waals surface area (Å²) in [7, 11) is 0. The Bertz CT molecular complexity index is 329. The normalized spacial score (nSPS) is 35.0. The van der Waals surface area contributed by atoms with E-state index in [1.807, 2.05) is 6.92 Å². The highest BCUT2D eigenvalue weighted by Crippen LogP contribution is 2.31. The molecule has 20 heavy (non-hydrogen) atoms. The van der Waals surface area contributed by atoms with E-state index in [4.69, 9.17) is 0 Å². The minimum atomic E-state index is 0.00373. The maximum Gasteiger partial charge on any atom is 0.240 e. The number of amides is 1. The first-order valence-corrected chi connectivity index (χ1v) is 8.54. The van der Waals surface area contributed by atoms with E-state index in [1.165, 1.54) is 32.1 Å². The Morgan fingerprint density at radius 2 is 2.05 bits per heavy atom. The van der Waals surface area contributed by atoms with E-state index in [1.54, 1.807) is 0 Å². The second-order valence-electron chi connectivity index (χ2n) is 7.49. The first kappa shape index (κ1) is 15.8. The fraction of sp³-hybridized carbons (Fsp3) is 0.941. The first-order chi connectivity index (χ1) is 9.47. The molecule has 1 saturated carbocycles. The Hall–Kier alpha value is -0.570. The van der Waals surface area contributed by atoms with Crippen LogP contribution in [0, 0.1) is 17.8 Å². The van der Waals surface area contributed by atoms with Crippen LogP contribution in [0.4, 0.5) is 0 Å². The smallest absolute Gasteiger partial charge is 0.240 e. The molecule has 0 aromatic carbocycles. The number of hydrogen-bond acceptors (Lipinski definition) is 2. The average molecular weight is 280 g/mol. The summed E-state index contributed by atoms with van der Waals surface area (Å²) in [5.74, 6) is 2.65. The lowest BCUT2D eigenvalue weighted by Crippen LogP contribution is -2.39. The van der Waals surface area contributed by atoms with Crippen molar-refractivity contribution in [1.29, 1.82) is 0 Å². The van der Waals surface area contributed by atoms with E-state index < -0.39 is 0 Å². The van der Waals surface area contributed by atoms with Crippen LogP contribution in [0.5, 0.6) is 0 Å². The Labute approximate surface area is 124 Å². The average Bonchev–Trinajstić information content (AvgIpc) is 2.62. The van der Waals surface area contributed by atoms with Crippen molar-refractivity contribution in [1.82, 2.24) is 10.2 Å². The third kappa shape index (κ3) is 3.97. The molecule has 2 rings (SSSR count). The van der Waals surface area contributed by atoms with Crippen molar-refractivity contribution in [2.24, 2.45) is 17.8 Å². The van der Waals surface area contributed by atoms with Crippen molar-refractivity contribution < 1.29 is 4.79 Å². The second kappa shape index (κ2) is 6.93. The molecule has 1 aliphatic heterocycles. The zero-order valence-electron chi connectivity index (χ0n) is 13.7. The van der Waals surface area contributed by atoms with Gasteiger partial charge >= 0.3 is 0 Å². The molecular weight excluding hydrogens is 248 g/mol. The number of nitrogens with zero attached hydrogens (tertiary/aromatic N) is 1. The van der Waals surface area contributed by atoms with E-state index in [2.05, 4.69) is 31.0 Å². The molecule has 3 nitrogen and oxygen atoms in total. The van der Waals surface area contributed by atoms with Crippen LogP contribution in [0.3, 0.4) is 0 Å². The van der Waals surface area contributed by atoms with Gasteiger partial charge in [-0.2, -0.15) is 0 Å². The molecule has 0 radical (unpaired) electrons. The van der Waals surface area contributed by atoms with Crippen LogP contribution in [0.1, 0.15) is 66.2 Å².